The zero-order valence-corrected chi connectivity index (χ0v) is 13.8. The maximum atomic E-state index is 5.88. The molecule has 0 fully saturated rings. The molecule has 0 amide bonds. The Kier molecular flexibility index (Phi) is 7.86. The van der Waals surface area contributed by atoms with Crippen LogP contribution in [0.25, 0.3) is 0 Å². The highest BCUT2D eigenvalue weighted by Crippen LogP contribution is 2.18. The fourth-order valence-corrected chi connectivity index (χ4v) is 2.32. The molecule has 0 spiro atoms. The highest BCUT2D eigenvalue weighted by molar-refractivity contribution is 5.30. The molecule has 114 valence electrons. The molecule has 0 saturated carbocycles. The molecular formula is C18H31NO. The van der Waals surface area contributed by atoms with Gasteiger partial charge in [0.15, 0.2) is 0 Å². The Morgan fingerprint density at radius 1 is 1.10 bits per heavy atom. The van der Waals surface area contributed by atoms with Gasteiger partial charge < -0.3 is 10.1 Å². The minimum Gasteiger partial charge on any atom is -0.379 e. The van der Waals surface area contributed by atoms with Crippen molar-refractivity contribution < 1.29 is 4.74 Å². The molecule has 2 nitrogen and oxygen atoms in total. The second-order valence-electron chi connectivity index (χ2n) is 6.19. The largest absolute Gasteiger partial charge is 0.379 e. The van der Waals surface area contributed by atoms with Crippen LogP contribution in [-0.4, -0.2) is 19.8 Å². The van der Waals surface area contributed by atoms with Crippen molar-refractivity contribution in [2.24, 2.45) is 5.92 Å². The number of hydrogen-bond donors (Lipinski definition) is 1. The zero-order chi connectivity index (χ0) is 15.0. The lowest BCUT2D eigenvalue weighted by Gasteiger charge is -2.20. The third-order valence-corrected chi connectivity index (χ3v) is 3.41. The lowest BCUT2D eigenvalue weighted by Crippen LogP contribution is -2.26. The van der Waals surface area contributed by atoms with E-state index < -0.39 is 0 Å². The Morgan fingerprint density at radius 3 is 2.30 bits per heavy atom. The van der Waals surface area contributed by atoms with Gasteiger partial charge in [0.25, 0.3) is 0 Å². The van der Waals surface area contributed by atoms with E-state index in [1.54, 1.807) is 0 Å². The van der Waals surface area contributed by atoms with Gasteiger partial charge in [-0.15, -0.1) is 0 Å². The van der Waals surface area contributed by atoms with Crippen LogP contribution >= 0.6 is 0 Å². The summed E-state index contributed by atoms with van der Waals surface area (Å²) in [7, 11) is 0. The van der Waals surface area contributed by atoms with E-state index in [1.807, 2.05) is 0 Å². The minimum atomic E-state index is 0.306. The first-order valence-corrected chi connectivity index (χ1v) is 7.92. The van der Waals surface area contributed by atoms with Crippen LogP contribution in [0.5, 0.6) is 0 Å². The monoisotopic (exact) mass is 277 g/mol. The Labute approximate surface area is 124 Å². The average molecular weight is 277 g/mol. The van der Waals surface area contributed by atoms with E-state index >= 15 is 0 Å². The second-order valence-corrected chi connectivity index (χ2v) is 6.19. The molecule has 1 aromatic carbocycles. The first kappa shape index (κ1) is 17.2. The fraction of sp³-hybridized carbons (Fsp3) is 0.667. The van der Waals surface area contributed by atoms with Gasteiger partial charge in [0.1, 0.15) is 0 Å². The van der Waals surface area contributed by atoms with Crippen molar-refractivity contribution in [1.82, 2.24) is 5.32 Å². The van der Waals surface area contributed by atoms with E-state index in [9.17, 15) is 0 Å². The highest BCUT2D eigenvalue weighted by Gasteiger charge is 2.12. The van der Waals surface area contributed by atoms with Crippen molar-refractivity contribution in [3.63, 3.8) is 0 Å². The number of aryl methyl sites for hydroxylation is 2. The predicted octanol–water partition coefficient (Wildman–Crippen LogP) is 4.41. The van der Waals surface area contributed by atoms with Crippen LogP contribution in [0, 0.1) is 19.8 Å². The van der Waals surface area contributed by atoms with E-state index in [1.165, 1.54) is 16.7 Å². The molecular weight excluding hydrogens is 246 g/mol. The Hall–Kier alpha value is -0.860. The third kappa shape index (κ3) is 6.53. The molecule has 0 bridgehead atoms. The van der Waals surface area contributed by atoms with Crippen LogP contribution in [0.2, 0.25) is 0 Å². The van der Waals surface area contributed by atoms with Gasteiger partial charge >= 0.3 is 0 Å². The van der Waals surface area contributed by atoms with Gasteiger partial charge in [0.05, 0.1) is 12.6 Å². The van der Waals surface area contributed by atoms with Crippen LogP contribution in [0.3, 0.4) is 0 Å². The Bertz CT molecular complexity index is 367. The first-order chi connectivity index (χ1) is 9.52. The molecule has 0 aromatic heterocycles. The quantitative estimate of drug-likeness (QED) is 0.675. The summed E-state index contributed by atoms with van der Waals surface area (Å²) in [5.74, 6) is 0.707. The summed E-state index contributed by atoms with van der Waals surface area (Å²) < 4.78 is 5.88. The van der Waals surface area contributed by atoms with Crippen LogP contribution in [-0.2, 0) is 4.74 Å². The predicted molar refractivity (Wildman–Crippen MR) is 87.2 cm³/mol. The fourth-order valence-electron chi connectivity index (χ4n) is 2.32. The van der Waals surface area contributed by atoms with Crippen molar-refractivity contribution in [3.8, 4) is 0 Å². The summed E-state index contributed by atoms with van der Waals surface area (Å²) in [4.78, 5) is 0. The smallest absolute Gasteiger partial charge is 0.0661 e. The van der Waals surface area contributed by atoms with E-state index in [2.05, 4.69) is 58.1 Å². The van der Waals surface area contributed by atoms with E-state index in [-0.39, 0.29) is 0 Å². The van der Waals surface area contributed by atoms with Crippen molar-refractivity contribution in [2.45, 2.75) is 53.5 Å². The number of rotatable bonds is 9. The van der Waals surface area contributed by atoms with Crippen LogP contribution in [0.4, 0.5) is 0 Å². The lowest BCUT2D eigenvalue weighted by molar-refractivity contribution is 0.102. The maximum absolute atomic E-state index is 5.88. The van der Waals surface area contributed by atoms with Crippen molar-refractivity contribution in [3.05, 3.63) is 34.9 Å². The number of hydrogen-bond acceptors (Lipinski definition) is 2. The molecule has 0 aliphatic rings. The summed E-state index contributed by atoms with van der Waals surface area (Å²) in [5.41, 5.74) is 4.00. The van der Waals surface area contributed by atoms with Crippen LogP contribution in [0.15, 0.2) is 18.2 Å². The molecule has 1 aromatic rings. The minimum absolute atomic E-state index is 0.306. The van der Waals surface area contributed by atoms with Gasteiger partial charge in [0, 0.05) is 6.61 Å². The normalized spacial score (nSPS) is 12.9. The average Bonchev–Trinajstić information content (AvgIpc) is 2.36. The van der Waals surface area contributed by atoms with Crippen LogP contribution in [0.1, 0.15) is 56.3 Å². The summed E-state index contributed by atoms with van der Waals surface area (Å²) in [6, 6.07) is 7.07. The first-order valence-electron chi connectivity index (χ1n) is 7.92. The molecule has 2 heteroatoms. The maximum Gasteiger partial charge on any atom is 0.0661 e. The second kappa shape index (κ2) is 9.15. The van der Waals surface area contributed by atoms with E-state index in [4.69, 9.17) is 4.74 Å². The Balaban J connectivity index is 2.62. The van der Waals surface area contributed by atoms with Gasteiger partial charge in [-0.1, -0.05) is 50.1 Å². The van der Waals surface area contributed by atoms with E-state index in [0.29, 0.717) is 12.0 Å². The molecule has 0 heterocycles. The van der Waals surface area contributed by atoms with Gasteiger partial charge in [0.2, 0.25) is 0 Å². The van der Waals surface area contributed by atoms with Crippen molar-refractivity contribution >= 4 is 0 Å². The molecule has 20 heavy (non-hydrogen) atoms. The molecule has 1 rings (SSSR count). The zero-order valence-electron chi connectivity index (χ0n) is 13.8. The molecule has 0 aliphatic carbocycles. The molecule has 0 radical (unpaired) electrons. The Morgan fingerprint density at radius 2 is 1.75 bits per heavy atom. The summed E-state index contributed by atoms with van der Waals surface area (Å²) in [6.07, 6.45) is 2.28. The van der Waals surface area contributed by atoms with Gasteiger partial charge in [-0.3, -0.25) is 0 Å². The van der Waals surface area contributed by atoms with E-state index in [0.717, 1.165) is 32.6 Å². The molecule has 1 atom stereocenters. The number of ether oxygens (including phenoxy) is 1. The van der Waals surface area contributed by atoms with Gasteiger partial charge in [-0.25, -0.2) is 0 Å². The van der Waals surface area contributed by atoms with Crippen molar-refractivity contribution in [2.75, 3.05) is 19.8 Å². The lowest BCUT2D eigenvalue weighted by atomic mass is 10.0. The molecule has 0 aliphatic heterocycles. The topological polar surface area (TPSA) is 21.3 Å². The summed E-state index contributed by atoms with van der Waals surface area (Å²) >= 11 is 0. The number of benzene rings is 1. The standard InChI is InChI=1S/C18H31NO/c1-6-8-19-18(13-20-9-7-14(2)3)17-11-15(4)10-16(5)12-17/h10-12,14,18-19H,6-9,13H2,1-5H3. The third-order valence-electron chi connectivity index (χ3n) is 3.41. The van der Waals surface area contributed by atoms with Gasteiger partial charge in [-0.05, 0) is 44.7 Å². The SMILES string of the molecule is CCCNC(COCCC(C)C)c1cc(C)cc(C)c1. The van der Waals surface area contributed by atoms with Crippen molar-refractivity contribution in [1.29, 1.82) is 0 Å². The summed E-state index contributed by atoms with van der Waals surface area (Å²) in [6.45, 7) is 13.6. The molecule has 0 saturated heterocycles. The number of nitrogens with one attached hydrogen (secondary N) is 1. The van der Waals surface area contributed by atoms with Gasteiger partial charge in [-0.2, -0.15) is 0 Å². The highest BCUT2D eigenvalue weighted by atomic mass is 16.5. The summed E-state index contributed by atoms with van der Waals surface area (Å²) in [5, 5.41) is 3.60. The molecule has 1 unspecified atom stereocenters. The molecule has 1 N–H and O–H groups in total. The van der Waals surface area contributed by atoms with Crippen LogP contribution < -0.4 is 5.32 Å².